The minimum absolute atomic E-state index is 0.00526. The van der Waals surface area contributed by atoms with Crippen molar-refractivity contribution in [2.24, 2.45) is 11.1 Å². The molecular weight excluding hydrogens is 444 g/mol. The van der Waals surface area contributed by atoms with Crippen molar-refractivity contribution in [2.45, 2.75) is 44.6 Å². The van der Waals surface area contributed by atoms with Gasteiger partial charge in [0.25, 0.3) is 11.8 Å². The minimum Gasteiger partial charge on any atom is -0.364 e. The Morgan fingerprint density at radius 2 is 1.91 bits per heavy atom. The van der Waals surface area contributed by atoms with Gasteiger partial charge in [-0.25, -0.2) is 13.8 Å². The maximum Gasteiger partial charge on any atom is 0.270 e. The van der Waals surface area contributed by atoms with Gasteiger partial charge in [0.05, 0.1) is 17.0 Å². The molecule has 4 N–H and O–H groups in total. The zero-order valence-electron chi connectivity index (χ0n) is 17.1. The second-order valence-electron chi connectivity index (χ2n) is 8.30. The monoisotopic (exact) mass is 465 g/mol. The first-order chi connectivity index (χ1) is 15.2. The normalized spacial score (nSPS) is 23.4. The molecule has 1 aromatic carbocycles. The molecule has 2 fully saturated rings. The lowest BCUT2D eigenvalue weighted by atomic mass is 9.67. The fraction of sp³-hybridized carbons (Fsp3) is 0.429. The number of aromatic amines is 1. The molecule has 1 aromatic heterocycles. The van der Waals surface area contributed by atoms with E-state index in [0.29, 0.717) is 45.1 Å². The number of benzene rings is 1. The SMILES string of the molecule is NC(=O)c1nc[nH]c1C(=O)NC1CCC2(CCCN(c3cc(F)c(F)cc3Cl)C2=O)CC1. The van der Waals surface area contributed by atoms with Crippen molar-refractivity contribution in [1.82, 2.24) is 15.3 Å². The molecule has 32 heavy (non-hydrogen) atoms. The van der Waals surface area contributed by atoms with Gasteiger partial charge in [0, 0.05) is 24.1 Å². The second kappa shape index (κ2) is 8.50. The van der Waals surface area contributed by atoms with Crippen molar-refractivity contribution < 1.29 is 23.2 Å². The molecule has 1 aliphatic carbocycles. The fourth-order valence-electron chi connectivity index (χ4n) is 4.71. The van der Waals surface area contributed by atoms with Crippen LogP contribution in [0, 0.1) is 17.0 Å². The number of carbonyl (C=O) groups is 3. The van der Waals surface area contributed by atoms with Gasteiger partial charge >= 0.3 is 0 Å². The summed E-state index contributed by atoms with van der Waals surface area (Å²) in [5, 5.41) is 2.85. The van der Waals surface area contributed by atoms with Gasteiger partial charge in [-0.2, -0.15) is 0 Å². The molecule has 8 nitrogen and oxygen atoms in total. The topological polar surface area (TPSA) is 121 Å². The third-order valence-corrected chi connectivity index (χ3v) is 6.70. The van der Waals surface area contributed by atoms with Crippen molar-refractivity contribution in [3.8, 4) is 0 Å². The highest BCUT2D eigenvalue weighted by molar-refractivity contribution is 6.33. The molecule has 3 amide bonds. The maximum absolute atomic E-state index is 13.8. The molecule has 0 radical (unpaired) electrons. The molecule has 2 aliphatic rings. The number of aromatic nitrogens is 2. The summed E-state index contributed by atoms with van der Waals surface area (Å²) in [5.41, 5.74) is 4.64. The van der Waals surface area contributed by atoms with Gasteiger partial charge in [0.2, 0.25) is 5.91 Å². The molecule has 4 rings (SSSR count). The molecule has 1 aliphatic heterocycles. The van der Waals surface area contributed by atoms with Gasteiger partial charge in [-0.15, -0.1) is 0 Å². The summed E-state index contributed by atoms with van der Waals surface area (Å²) in [4.78, 5) is 45.1. The predicted octanol–water partition coefficient (Wildman–Crippen LogP) is 2.93. The summed E-state index contributed by atoms with van der Waals surface area (Å²) >= 11 is 6.10. The van der Waals surface area contributed by atoms with Gasteiger partial charge in [-0.3, -0.25) is 14.4 Å². The zero-order valence-corrected chi connectivity index (χ0v) is 17.8. The van der Waals surface area contributed by atoms with Crippen LogP contribution in [0.1, 0.15) is 59.5 Å². The number of nitrogens with two attached hydrogens (primary N) is 1. The van der Waals surface area contributed by atoms with Crippen molar-refractivity contribution in [3.05, 3.63) is 46.5 Å². The van der Waals surface area contributed by atoms with Gasteiger partial charge in [0.15, 0.2) is 17.3 Å². The summed E-state index contributed by atoms with van der Waals surface area (Å²) in [6.07, 6.45) is 4.77. The van der Waals surface area contributed by atoms with Gasteiger partial charge < -0.3 is 20.9 Å². The molecule has 11 heteroatoms. The van der Waals surface area contributed by atoms with Crippen molar-refractivity contribution >= 4 is 35.0 Å². The summed E-state index contributed by atoms with van der Waals surface area (Å²) in [7, 11) is 0. The van der Waals surface area contributed by atoms with Crippen molar-refractivity contribution in [1.29, 1.82) is 0 Å². The number of piperidine rings is 1. The molecule has 0 bridgehead atoms. The van der Waals surface area contributed by atoms with Gasteiger partial charge in [-0.05, 0) is 44.6 Å². The van der Waals surface area contributed by atoms with Crippen LogP contribution in [0.3, 0.4) is 0 Å². The van der Waals surface area contributed by atoms with Gasteiger partial charge in [0.1, 0.15) is 5.69 Å². The maximum atomic E-state index is 13.8. The minimum atomic E-state index is -1.06. The van der Waals surface area contributed by atoms with E-state index in [4.69, 9.17) is 17.3 Å². The Morgan fingerprint density at radius 3 is 2.59 bits per heavy atom. The van der Waals surface area contributed by atoms with Crippen LogP contribution in [0.4, 0.5) is 14.5 Å². The number of imidazole rings is 1. The lowest BCUT2D eigenvalue weighted by Gasteiger charge is -2.45. The number of nitrogens with one attached hydrogen (secondary N) is 2. The molecule has 2 heterocycles. The average Bonchev–Trinajstić information content (AvgIpc) is 3.25. The van der Waals surface area contributed by atoms with Crippen molar-refractivity contribution in [3.63, 3.8) is 0 Å². The molecule has 170 valence electrons. The Morgan fingerprint density at radius 1 is 1.22 bits per heavy atom. The summed E-state index contributed by atoms with van der Waals surface area (Å²) in [5.74, 6) is -3.57. The zero-order chi connectivity index (χ0) is 23.0. The molecule has 1 saturated carbocycles. The van der Waals surface area contributed by atoms with E-state index < -0.39 is 28.9 Å². The number of anilines is 1. The fourth-order valence-corrected chi connectivity index (χ4v) is 4.96. The van der Waals surface area contributed by atoms with Gasteiger partial charge in [-0.1, -0.05) is 11.6 Å². The molecule has 2 aromatic rings. The van der Waals surface area contributed by atoms with E-state index in [1.165, 1.54) is 11.2 Å². The van der Waals surface area contributed by atoms with Crippen LogP contribution >= 0.6 is 11.6 Å². The van der Waals surface area contributed by atoms with Crippen LogP contribution in [0.5, 0.6) is 0 Å². The van der Waals surface area contributed by atoms with E-state index in [1.807, 2.05) is 0 Å². The van der Waals surface area contributed by atoms with Crippen LogP contribution in [-0.2, 0) is 4.79 Å². The molecule has 0 unspecified atom stereocenters. The molecule has 0 atom stereocenters. The largest absolute Gasteiger partial charge is 0.364 e. The number of halogens is 3. The number of primary amides is 1. The first kappa shape index (κ1) is 22.2. The molecule has 1 saturated heterocycles. The number of H-pyrrole nitrogens is 1. The van der Waals surface area contributed by atoms with E-state index in [9.17, 15) is 23.2 Å². The van der Waals surface area contributed by atoms with E-state index in [1.54, 1.807) is 0 Å². The summed E-state index contributed by atoms with van der Waals surface area (Å²) in [6, 6.07) is 1.65. The highest BCUT2D eigenvalue weighted by Gasteiger charge is 2.47. The third-order valence-electron chi connectivity index (χ3n) is 6.39. The lowest BCUT2D eigenvalue weighted by molar-refractivity contribution is -0.132. The standard InChI is InChI=1S/C21H22ClF2N5O3/c22-12-8-13(23)14(24)9-15(12)29-7-1-4-21(20(29)32)5-2-11(3-6-21)28-19(31)17-16(18(25)30)26-10-27-17/h8-11H,1-7H2,(H2,25,30)(H,26,27)(H,28,31). The van der Waals surface area contributed by atoms with E-state index in [-0.39, 0.29) is 34.0 Å². The van der Waals surface area contributed by atoms with Crippen LogP contribution in [0.15, 0.2) is 18.5 Å². The Hall–Kier alpha value is -3.01. The quantitative estimate of drug-likeness (QED) is 0.601. The van der Waals surface area contributed by atoms with Crippen LogP contribution in [-0.4, -0.2) is 40.3 Å². The Kier molecular flexibility index (Phi) is 5.89. The summed E-state index contributed by atoms with van der Waals surface area (Å²) in [6.45, 7) is 0.376. The van der Waals surface area contributed by atoms with Crippen LogP contribution in [0.2, 0.25) is 5.02 Å². The number of rotatable bonds is 4. The predicted molar refractivity (Wildman–Crippen MR) is 112 cm³/mol. The lowest BCUT2D eigenvalue weighted by Crippen LogP contribution is -2.52. The highest BCUT2D eigenvalue weighted by Crippen LogP contribution is 2.46. The first-order valence-corrected chi connectivity index (χ1v) is 10.7. The Balaban J connectivity index is 1.45. The van der Waals surface area contributed by atoms with E-state index >= 15 is 0 Å². The number of amides is 3. The number of hydrogen-bond acceptors (Lipinski definition) is 4. The number of nitrogens with zero attached hydrogens (tertiary/aromatic N) is 2. The Bertz CT molecular complexity index is 1080. The molecule has 1 spiro atoms. The first-order valence-electron chi connectivity index (χ1n) is 10.3. The molecular formula is C21H22ClF2N5O3. The van der Waals surface area contributed by atoms with E-state index in [2.05, 4.69) is 15.3 Å². The van der Waals surface area contributed by atoms with Crippen LogP contribution in [0.25, 0.3) is 0 Å². The Labute approximate surface area is 187 Å². The van der Waals surface area contributed by atoms with Crippen molar-refractivity contribution in [2.75, 3.05) is 11.4 Å². The van der Waals surface area contributed by atoms with Crippen LogP contribution < -0.4 is 16.0 Å². The number of carbonyl (C=O) groups excluding carboxylic acids is 3. The number of hydrogen-bond donors (Lipinski definition) is 3. The second-order valence-corrected chi connectivity index (χ2v) is 8.70. The smallest absolute Gasteiger partial charge is 0.270 e. The summed E-state index contributed by atoms with van der Waals surface area (Å²) < 4.78 is 27.3. The highest BCUT2D eigenvalue weighted by atomic mass is 35.5. The average molecular weight is 466 g/mol. The van der Waals surface area contributed by atoms with E-state index in [0.717, 1.165) is 12.1 Å². The third kappa shape index (κ3) is 3.94.